The average Bonchev–Trinajstić information content (AvgIpc) is 2.70. The van der Waals surface area contributed by atoms with Crippen molar-refractivity contribution < 1.29 is 0 Å². The van der Waals surface area contributed by atoms with Crippen LogP contribution >= 0.6 is 0 Å². The van der Waals surface area contributed by atoms with Crippen molar-refractivity contribution in [2.24, 2.45) is 7.05 Å². The molecule has 0 aliphatic rings. The predicted molar refractivity (Wildman–Crippen MR) is 72.2 cm³/mol. The van der Waals surface area contributed by atoms with Crippen LogP contribution in [0.2, 0.25) is 0 Å². The number of nitrogens with two attached hydrogens (primary N) is 1. The lowest BCUT2D eigenvalue weighted by Crippen LogP contribution is -2.02. The Morgan fingerprint density at radius 3 is 2.78 bits per heavy atom. The average molecular weight is 238 g/mol. The van der Waals surface area contributed by atoms with Crippen LogP contribution in [0.15, 0.2) is 42.6 Å². The summed E-state index contributed by atoms with van der Waals surface area (Å²) in [7, 11) is 1.98. The molecule has 2 aromatic heterocycles. The predicted octanol–water partition coefficient (Wildman–Crippen LogP) is 2.14. The molecule has 3 aromatic rings. The zero-order valence-corrected chi connectivity index (χ0v) is 10.2. The van der Waals surface area contributed by atoms with E-state index in [0.717, 1.165) is 34.7 Å². The van der Waals surface area contributed by atoms with E-state index in [1.807, 2.05) is 48.0 Å². The normalized spacial score (nSPS) is 10.9. The van der Waals surface area contributed by atoms with Gasteiger partial charge in [-0.25, -0.2) is 9.97 Å². The number of nitrogen functional groups attached to an aromatic ring is 1. The summed E-state index contributed by atoms with van der Waals surface area (Å²) in [4.78, 5) is 8.93. The van der Waals surface area contributed by atoms with Gasteiger partial charge in [0.2, 0.25) is 0 Å². The molecule has 0 aliphatic heterocycles. The van der Waals surface area contributed by atoms with Crippen molar-refractivity contribution in [2.75, 3.05) is 5.73 Å². The number of nitrogens with zero attached hydrogens (tertiary/aromatic N) is 3. The monoisotopic (exact) mass is 238 g/mol. The maximum absolute atomic E-state index is 5.96. The molecular weight excluding hydrogens is 224 g/mol. The maximum atomic E-state index is 5.96. The Morgan fingerprint density at radius 1 is 1.17 bits per heavy atom. The van der Waals surface area contributed by atoms with E-state index in [9.17, 15) is 0 Å². The number of benzene rings is 1. The van der Waals surface area contributed by atoms with Gasteiger partial charge in [0.25, 0.3) is 0 Å². The number of anilines is 1. The van der Waals surface area contributed by atoms with Gasteiger partial charge in [-0.15, -0.1) is 0 Å². The van der Waals surface area contributed by atoms with Crippen LogP contribution in [0.5, 0.6) is 0 Å². The molecule has 3 rings (SSSR count). The summed E-state index contributed by atoms with van der Waals surface area (Å²) in [6.45, 7) is 0. The summed E-state index contributed by atoms with van der Waals surface area (Å²) in [5.41, 5.74) is 9.68. The summed E-state index contributed by atoms with van der Waals surface area (Å²) in [6.07, 6.45) is 2.50. The summed E-state index contributed by atoms with van der Waals surface area (Å²) in [5.74, 6) is 0.974. The Morgan fingerprint density at radius 2 is 2.00 bits per heavy atom. The van der Waals surface area contributed by atoms with Gasteiger partial charge in [0.05, 0.1) is 0 Å². The van der Waals surface area contributed by atoms with Crippen molar-refractivity contribution in [3.63, 3.8) is 0 Å². The molecule has 0 unspecified atom stereocenters. The van der Waals surface area contributed by atoms with Gasteiger partial charge in [-0.1, -0.05) is 18.2 Å². The van der Waals surface area contributed by atoms with Gasteiger partial charge in [-0.05, 0) is 23.8 Å². The number of hydrogen-bond acceptors (Lipinski definition) is 3. The highest BCUT2D eigenvalue weighted by molar-refractivity contribution is 5.71. The highest BCUT2D eigenvalue weighted by Crippen LogP contribution is 2.18. The van der Waals surface area contributed by atoms with Gasteiger partial charge in [0.1, 0.15) is 11.3 Å². The number of pyridine rings is 1. The fourth-order valence-corrected chi connectivity index (χ4v) is 2.09. The van der Waals surface area contributed by atoms with Gasteiger partial charge in [0.15, 0.2) is 5.65 Å². The number of aryl methyl sites for hydroxylation is 1. The zero-order chi connectivity index (χ0) is 12.5. The van der Waals surface area contributed by atoms with Crippen LogP contribution in [-0.4, -0.2) is 14.5 Å². The van der Waals surface area contributed by atoms with E-state index in [1.165, 1.54) is 0 Å². The Balaban J connectivity index is 2.06. The number of imidazole rings is 1. The molecule has 90 valence electrons. The first kappa shape index (κ1) is 10.8. The van der Waals surface area contributed by atoms with E-state index < -0.39 is 0 Å². The number of para-hydroxylation sites is 1. The molecule has 0 spiro atoms. The fraction of sp³-hybridized carbons (Fsp3) is 0.143. The van der Waals surface area contributed by atoms with Crippen LogP contribution in [0.1, 0.15) is 11.4 Å². The Bertz CT molecular complexity index is 700. The molecular formula is C14H14N4. The minimum absolute atomic E-state index is 0.722. The minimum atomic E-state index is 0.722. The summed E-state index contributed by atoms with van der Waals surface area (Å²) in [5, 5.41) is 0. The lowest BCUT2D eigenvalue weighted by molar-refractivity contribution is 0.836. The highest BCUT2D eigenvalue weighted by atomic mass is 15.1. The third-order valence-electron chi connectivity index (χ3n) is 3.12. The smallest absolute Gasteiger partial charge is 0.159 e. The number of rotatable bonds is 2. The molecule has 0 amide bonds. The molecule has 0 saturated heterocycles. The van der Waals surface area contributed by atoms with Gasteiger partial charge < -0.3 is 10.3 Å². The third-order valence-corrected chi connectivity index (χ3v) is 3.12. The van der Waals surface area contributed by atoms with Gasteiger partial charge in [-0.2, -0.15) is 0 Å². The molecule has 18 heavy (non-hydrogen) atoms. The second-order valence-corrected chi connectivity index (χ2v) is 4.31. The number of aromatic nitrogens is 3. The van der Waals surface area contributed by atoms with E-state index in [-0.39, 0.29) is 0 Å². The molecule has 2 heterocycles. The molecule has 0 aliphatic carbocycles. The molecule has 4 heteroatoms. The molecule has 0 bridgehead atoms. The van der Waals surface area contributed by atoms with Crippen molar-refractivity contribution in [3.8, 4) is 0 Å². The van der Waals surface area contributed by atoms with Crippen molar-refractivity contribution in [2.45, 2.75) is 6.42 Å². The SMILES string of the molecule is Cn1c(Cc2ccccc2N)nc2cccnc21. The Hall–Kier alpha value is -2.36. The van der Waals surface area contributed by atoms with Gasteiger partial charge >= 0.3 is 0 Å². The second-order valence-electron chi connectivity index (χ2n) is 4.31. The molecule has 0 saturated carbocycles. The van der Waals surface area contributed by atoms with E-state index in [2.05, 4.69) is 9.97 Å². The quantitative estimate of drug-likeness (QED) is 0.696. The van der Waals surface area contributed by atoms with E-state index in [0.29, 0.717) is 0 Å². The lowest BCUT2D eigenvalue weighted by Gasteiger charge is -2.05. The highest BCUT2D eigenvalue weighted by Gasteiger charge is 2.09. The van der Waals surface area contributed by atoms with Crippen LogP contribution in [0, 0.1) is 0 Å². The first-order valence-electron chi connectivity index (χ1n) is 5.85. The van der Waals surface area contributed by atoms with Crippen LogP contribution in [0.3, 0.4) is 0 Å². The molecule has 1 aromatic carbocycles. The molecule has 0 atom stereocenters. The Kier molecular flexibility index (Phi) is 2.48. The molecule has 2 N–H and O–H groups in total. The van der Waals surface area contributed by atoms with Gasteiger partial charge in [-0.3, -0.25) is 0 Å². The third kappa shape index (κ3) is 1.72. The zero-order valence-electron chi connectivity index (χ0n) is 10.2. The van der Waals surface area contributed by atoms with Crippen LogP contribution < -0.4 is 5.73 Å². The summed E-state index contributed by atoms with van der Waals surface area (Å²) in [6, 6.07) is 11.7. The van der Waals surface area contributed by atoms with Crippen LogP contribution in [0.25, 0.3) is 11.2 Å². The second kappa shape index (κ2) is 4.14. The minimum Gasteiger partial charge on any atom is -0.398 e. The summed E-state index contributed by atoms with van der Waals surface area (Å²) >= 11 is 0. The topological polar surface area (TPSA) is 56.7 Å². The van der Waals surface area contributed by atoms with Gasteiger partial charge in [0, 0.05) is 25.4 Å². The van der Waals surface area contributed by atoms with Crippen molar-refractivity contribution in [3.05, 3.63) is 54.0 Å². The first-order valence-corrected chi connectivity index (χ1v) is 5.85. The standard InChI is InChI=1S/C14H14N4/c1-18-13(9-10-5-2-3-6-11(10)15)17-12-7-4-8-16-14(12)18/h2-8H,9,15H2,1H3. The molecule has 0 fully saturated rings. The van der Waals surface area contributed by atoms with E-state index in [4.69, 9.17) is 5.73 Å². The lowest BCUT2D eigenvalue weighted by atomic mass is 10.1. The van der Waals surface area contributed by atoms with Crippen molar-refractivity contribution in [1.82, 2.24) is 14.5 Å². The molecule has 0 radical (unpaired) electrons. The van der Waals surface area contributed by atoms with Crippen molar-refractivity contribution >= 4 is 16.9 Å². The van der Waals surface area contributed by atoms with E-state index >= 15 is 0 Å². The van der Waals surface area contributed by atoms with E-state index in [1.54, 1.807) is 6.20 Å². The van der Waals surface area contributed by atoms with Crippen molar-refractivity contribution in [1.29, 1.82) is 0 Å². The molecule has 4 nitrogen and oxygen atoms in total. The fourth-order valence-electron chi connectivity index (χ4n) is 2.09. The number of fused-ring (bicyclic) bond motifs is 1. The summed E-state index contributed by atoms with van der Waals surface area (Å²) < 4.78 is 2.02. The largest absolute Gasteiger partial charge is 0.398 e. The first-order chi connectivity index (χ1) is 8.75. The van der Waals surface area contributed by atoms with Crippen LogP contribution in [0.4, 0.5) is 5.69 Å². The Labute approximate surface area is 105 Å². The number of hydrogen-bond donors (Lipinski definition) is 1. The maximum Gasteiger partial charge on any atom is 0.159 e. The van der Waals surface area contributed by atoms with Crippen LogP contribution in [-0.2, 0) is 13.5 Å².